The Morgan fingerprint density at radius 3 is 2.76 bits per heavy atom. The van der Waals surface area contributed by atoms with Crippen molar-refractivity contribution in [2.24, 2.45) is 0 Å². The minimum Gasteiger partial charge on any atom is -0.420 e. The van der Waals surface area contributed by atoms with Gasteiger partial charge >= 0.3 is 0 Å². The van der Waals surface area contributed by atoms with Crippen LogP contribution in [0.4, 0.5) is 5.69 Å². The van der Waals surface area contributed by atoms with Crippen molar-refractivity contribution in [1.29, 1.82) is 0 Å². The Labute approximate surface area is 131 Å². The van der Waals surface area contributed by atoms with E-state index >= 15 is 0 Å². The molecule has 4 nitrogen and oxygen atoms in total. The molecule has 3 aromatic rings. The molecule has 1 aromatic heterocycles. The van der Waals surface area contributed by atoms with Crippen LogP contribution in [0, 0.1) is 0 Å². The van der Waals surface area contributed by atoms with Crippen LogP contribution >= 0.6 is 23.4 Å². The maximum atomic E-state index is 6.11. The molecule has 0 aliphatic carbocycles. The van der Waals surface area contributed by atoms with Crippen molar-refractivity contribution in [1.82, 2.24) is 10.2 Å². The third-order valence-electron chi connectivity index (χ3n) is 2.79. The number of benzene rings is 2. The maximum absolute atomic E-state index is 6.11. The van der Waals surface area contributed by atoms with Gasteiger partial charge in [0.05, 0.1) is 16.3 Å². The Kier molecular flexibility index (Phi) is 4.13. The molecule has 106 valence electrons. The molecule has 21 heavy (non-hydrogen) atoms. The molecule has 3 rings (SSSR count). The monoisotopic (exact) mass is 317 g/mol. The van der Waals surface area contributed by atoms with E-state index in [0.29, 0.717) is 22.6 Å². The van der Waals surface area contributed by atoms with Gasteiger partial charge in [-0.15, -0.1) is 22.0 Å². The van der Waals surface area contributed by atoms with E-state index in [9.17, 15) is 0 Å². The van der Waals surface area contributed by atoms with Gasteiger partial charge in [0.1, 0.15) is 0 Å². The van der Waals surface area contributed by atoms with Gasteiger partial charge < -0.3 is 10.2 Å². The largest absolute Gasteiger partial charge is 0.420 e. The molecule has 1 heterocycles. The number of rotatable bonds is 4. The average molecular weight is 318 g/mol. The number of nitrogens with two attached hydrogens (primary N) is 1. The summed E-state index contributed by atoms with van der Waals surface area (Å²) in [4.78, 5) is 1.06. The van der Waals surface area contributed by atoms with Crippen molar-refractivity contribution in [3.05, 3.63) is 59.4 Å². The second kappa shape index (κ2) is 6.20. The molecule has 2 N–H and O–H groups in total. The number of nitrogens with zero attached hydrogens (tertiary/aromatic N) is 2. The Morgan fingerprint density at radius 1 is 1.10 bits per heavy atom. The zero-order valence-electron chi connectivity index (χ0n) is 11.0. The lowest BCUT2D eigenvalue weighted by atomic mass is 10.2. The van der Waals surface area contributed by atoms with Gasteiger partial charge in [0.2, 0.25) is 11.8 Å². The van der Waals surface area contributed by atoms with E-state index in [-0.39, 0.29) is 0 Å². The van der Waals surface area contributed by atoms with Crippen LogP contribution in [0.2, 0.25) is 5.02 Å². The molecule has 0 fully saturated rings. The molecule has 0 saturated heterocycles. The first-order valence-electron chi connectivity index (χ1n) is 6.28. The van der Waals surface area contributed by atoms with Crippen molar-refractivity contribution in [3.63, 3.8) is 0 Å². The lowest BCUT2D eigenvalue weighted by Crippen LogP contribution is -1.84. The van der Waals surface area contributed by atoms with Crippen LogP contribution < -0.4 is 5.73 Å². The van der Waals surface area contributed by atoms with Crippen LogP contribution in [-0.4, -0.2) is 10.2 Å². The SMILES string of the molecule is Nc1cccc(SCc2nnc(-c3ccccc3Cl)o2)c1. The lowest BCUT2D eigenvalue weighted by Gasteiger charge is -2.00. The zero-order valence-corrected chi connectivity index (χ0v) is 12.6. The Bertz CT molecular complexity index is 760. The lowest BCUT2D eigenvalue weighted by molar-refractivity contribution is 0.528. The number of aromatic nitrogens is 2. The predicted octanol–water partition coefficient (Wildman–Crippen LogP) is 4.26. The normalized spacial score (nSPS) is 10.7. The smallest absolute Gasteiger partial charge is 0.249 e. The molecule has 0 unspecified atom stereocenters. The van der Waals surface area contributed by atoms with Crippen molar-refractivity contribution < 1.29 is 4.42 Å². The second-order valence-corrected chi connectivity index (χ2v) is 5.80. The van der Waals surface area contributed by atoms with Crippen molar-refractivity contribution in [2.75, 3.05) is 5.73 Å². The summed E-state index contributed by atoms with van der Waals surface area (Å²) in [6.07, 6.45) is 0. The van der Waals surface area contributed by atoms with Gasteiger partial charge in [0.15, 0.2) is 0 Å². The standard InChI is InChI=1S/C15H12ClN3OS/c16-13-7-2-1-6-12(13)15-19-18-14(20-15)9-21-11-5-3-4-10(17)8-11/h1-8H,9,17H2. The summed E-state index contributed by atoms with van der Waals surface area (Å²) in [7, 11) is 0. The Morgan fingerprint density at radius 2 is 1.95 bits per heavy atom. The minimum atomic E-state index is 0.434. The summed E-state index contributed by atoms with van der Waals surface area (Å²) in [5.41, 5.74) is 7.23. The van der Waals surface area contributed by atoms with Gasteiger partial charge in [-0.3, -0.25) is 0 Å². The minimum absolute atomic E-state index is 0.434. The maximum Gasteiger partial charge on any atom is 0.249 e. The van der Waals surface area contributed by atoms with E-state index in [1.54, 1.807) is 17.8 Å². The molecule has 6 heteroatoms. The van der Waals surface area contributed by atoms with Gasteiger partial charge in [-0.25, -0.2) is 0 Å². The summed E-state index contributed by atoms with van der Waals surface area (Å²) < 4.78 is 5.64. The fourth-order valence-electron chi connectivity index (χ4n) is 1.80. The van der Waals surface area contributed by atoms with Gasteiger partial charge in [-0.05, 0) is 30.3 Å². The Balaban J connectivity index is 1.72. The van der Waals surface area contributed by atoms with E-state index in [1.807, 2.05) is 42.5 Å². The van der Waals surface area contributed by atoms with Gasteiger partial charge in [-0.1, -0.05) is 29.8 Å². The first kappa shape index (κ1) is 14.0. The third kappa shape index (κ3) is 3.37. The third-order valence-corrected chi connectivity index (χ3v) is 4.10. The predicted molar refractivity (Wildman–Crippen MR) is 85.2 cm³/mol. The first-order valence-corrected chi connectivity index (χ1v) is 7.64. The molecule has 0 bridgehead atoms. The summed E-state index contributed by atoms with van der Waals surface area (Å²) in [6.45, 7) is 0. The highest BCUT2D eigenvalue weighted by Crippen LogP contribution is 2.28. The Hall–Kier alpha value is -1.98. The number of thioether (sulfide) groups is 1. The number of halogens is 1. The van der Waals surface area contributed by atoms with Crippen LogP contribution in [0.5, 0.6) is 0 Å². The molecular formula is C15H12ClN3OS. The molecule has 0 aliphatic heterocycles. The molecule has 0 aliphatic rings. The number of hydrogen-bond donors (Lipinski definition) is 1. The van der Waals surface area contributed by atoms with E-state index < -0.39 is 0 Å². The van der Waals surface area contributed by atoms with Crippen LogP contribution in [0.3, 0.4) is 0 Å². The second-order valence-electron chi connectivity index (χ2n) is 4.34. The highest BCUT2D eigenvalue weighted by atomic mass is 35.5. The summed E-state index contributed by atoms with van der Waals surface area (Å²) in [5.74, 6) is 1.57. The highest BCUT2D eigenvalue weighted by Gasteiger charge is 2.11. The van der Waals surface area contributed by atoms with Crippen molar-refractivity contribution >= 4 is 29.1 Å². The zero-order chi connectivity index (χ0) is 14.7. The van der Waals surface area contributed by atoms with E-state index in [0.717, 1.165) is 16.1 Å². The van der Waals surface area contributed by atoms with Crippen LogP contribution in [-0.2, 0) is 5.75 Å². The van der Waals surface area contributed by atoms with Crippen LogP contribution in [0.15, 0.2) is 57.8 Å². The van der Waals surface area contributed by atoms with E-state index in [2.05, 4.69) is 10.2 Å². The molecule has 0 spiro atoms. The highest BCUT2D eigenvalue weighted by molar-refractivity contribution is 7.98. The number of hydrogen-bond acceptors (Lipinski definition) is 5. The molecular weight excluding hydrogens is 306 g/mol. The summed E-state index contributed by atoms with van der Waals surface area (Å²) in [5, 5.41) is 8.68. The van der Waals surface area contributed by atoms with Crippen LogP contribution in [0.1, 0.15) is 5.89 Å². The van der Waals surface area contributed by atoms with Gasteiger partial charge in [0, 0.05) is 10.6 Å². The van der Waals surface area contributed by atoms with E-state index in [4.69, 9.17) is 21.8 Å². The van der Waals surface area contributed by atoms with E-state index in [1.165, 1.54) is 0 Å². The topological polar surface area (TPSA) is 64.9 Å². The summed E-state index contributed by atoms with van der Waals surface area (Å²) >= 11 is 7.70. The molecule has 0 atom stereocenters. The van der Waals surface area contributed by atoms with Gasteiger partial charge in [0.25, 0.3) is 0 Å². The number of anilines is 1. The fourth-order valence-corrected chi connectivity index (χ4v) is 2.82. The molecule has 0 saturated carbocycles. The van der Waals surface area contributed by atoms with Crippen molar-refractivity contribution in [3.8, 4) is 11.5 Å². The molecule has 0 radical (unpaired) electrons. The van der Waals surface area contributed by atoms with Crippen LogP contribution in [0.25, 0.3) is 11.5 Å². The molecule has 2 aromatic carbocycles. The number of nitrogen functional groups attached to an aromatic ring is 1. The average Bonchev–Trinajstić information content (AvgIpc) is 2.94. The quantitative estimate of drug-likeness (QED) is 0.575. The first-order chi connectivity index (χ1) is 10.2. The fraction of sp³-hybridized carbons (Fsp3) is 0.0667. The van der Waals surface area contributed by atoms with Gasteiger partial charge in [-0.2, -0.15) is 0 Å². The molecule has 0 amide bonds. The van der Waals surface area contributed by atoms with Crippen molar-refractivity contribution in [2.45, 2.75) is 10.6 Å². The summed E-state index contributed by atoms with van der Waals surface area (Å²) in [6, 6.07) is 15.1.